The maximum Gasteiger partial charge on any atom is 0.0764 e. The molecule has 1 aliphatic heterocycles. The lowest BCUT2D eigenvalue weighted by Gasteiger charge is -2.34. The van der Waals surface area contributed by atoms with Crippen molar-refractivity contribution in [3.63, 3.8) is 0 Å². The van der Waals surface area contributed by atoms with Crippen LogP contribution in [-0.2, 0) is 6.54 Å². The number of hydrogen-bond donors (Lipinski definition) is 1. The summed E-state index contributed by atoms with van der Waals surface area (Å²) in [6, 6.07) is 2.72. The summed E-state index contributed by atoms with van der Waals surface area (Å²) < 4.78 is 2.14. The van der Waals surface area contributed by atoms with Gasteiger partial charge in [0.05, 0.1) is 11.7 Å². The first-order chi connectivity index (χ1) is 9.76. The molecule has 2 rings (SSSR count). The zero-order chi connectivity index (χ0) is 14.4. The van der Waals surface area contributed by atoms with E-state index in [0.29, 0.717) is 6.04 Å². The minimum atomic E-state index is 0.546. The van der Waals surface area contributed by atoms with E-state index < -0.39 is 0 Å². The number of piperazine rings is 1. The van der Waals surface area contributed by atoms with Crippen molar-refractivity contribution in [2.45, 2.75) is 39.3 Å². The topological polar surface area (TPSA) is 50.3 Å². The Kier molecular flexibility index (Phi) is 6.01. The highest BCUT2D eigenvalue weighted by Crippen LogP contribution is 2.15. The molecule has 114 valence electrons. The Morgan fingerprint density at radius 3 is 2.40 bits per heavy atom. The number of hydrogen-bond acceptors (Lipinski definition) is 4. The first-order valence-corrected chi connectivity index (χ1v) is 7.95. The highest BCUT2D eigenvalue weighted by molar-refractivity contribution is 5.00. The molecule has 20 heavy (non-hydrogen) atoms. The molecule has 2 heterocycles. The van der Waals surface area contributed by atoms with Crippen molar-refractivity contribution >= 4 is 0 Å². The molecule has 0 saturated carbocycles. The van der Waals surface area contributed by atoms with Gasteiger partial charge in [0.2, 0.25) is 0 Å². The van der Waals surface area contributed by atoms with Gasteiger partial charge < -0.3 is 5.73 Å². The molecule has 0 amide bonds. The fourth-order valence-electron chi connectivity index (χ4n) is 2.91. The Morgan fingerprint density at radius 1 is 1.15 bits per heavy atom. The van der Waals surface area contributed by atoms with Gasteiger partial charge >= 0.3 is 0 Å². The van der Waals surface area contributed by atoms with Crippen LogP contribution in [0, 0.1) is 0 Å². The van der Waals surface area contributed by atoms with Crippen LogP contribution in [0.25, 0.3) is 0 Å². The minimum absolute atomic E-state index is 0.546. The quantitative estimate of drug-likeness (QED) is 0.818. The van der Waals surface area contributed by atoms with Gasteiger partial charge in [0.1, 0.15) is 0 Å². The Labute approximate surface area is 122 Å². The van der Waals surface area contributed by atoms with Crippen LogP contribution in [0.3, 0.4) is 0 Å². The van der Waals surface area contributed by atoms with Crippen LogP contribution in [-0.4, -0.2) is 58.8 Å². The second-order valence-electron chi connectivity index (χ2n) is 5.66. The third kappa shape index (κ3) is 4.04. The van der Waals surface area contributed by atoms with Crippen LogP contribution in [0.1, 0.15) is 38.4 Å². The van der Waals surface area contributed by atoms with Gasteiger partial charge in [0, 0.05) is 52.0 Å². The molecule has 0 aromatic carbocycles. The number of nitrogens with two attached hydrogens (primary N) is 1. The summed E-state index contributed by atoms with van der Waals surface area (Å²) in [5, 5.41) is 4.74. The molecule has 1 fully saturated rings. The number of nitrogens with zero attached hydrogens (tertiary/aromatic N) is 4. The molecule has 5 nitrogen and oxygen atoms in total. The predicted molar refractivity (Wildman–Crippen MR) is 82.6 cm³/mol. The van der Waals surface area contributed by atoms with Crippen LogP contribution < -0.4 is 5.73 Å². The summed E-state index contributed by atoms with van der Waals surface area (Å²) in [5.74, 6) is 0. The van der Waals surface area contributed by atoms with Crippen LogP contribution in [0.4, 0.5) is 0 Å². The summed E-state index contributed by atoms with van der Waals surface area (Å²) in [5.41, 5.74) is 6.81. The van der Waals surface area contributed by atoms with Gasteiger partial charge in [-0.25, -0.2) is 0 Å². The van der Waals surface area contributed by atoms with Crippen molar-refractivity contribution in [2.24, 2.45) is 5.73 Å². The van der Waals surface area contributed by atoms with Gasteiger partial charge in [-0.15, -0.1) is 0 Å². The second kappa shape index (κ2) is 7.76. The van der Waals surface area contributed by atoms with E-state index in [-0.39, 0.29) is 0 Å². The molecule has 0 unspecified atom stereocenters. The molecule has 1 aromatic rings. The van der Waals surface area contributed by atoms with E-state index in [4.69, 9.17) is 10.8 Å². The Morgan fingerprint density at radius 2 is 1.80 bits per heavy atom. The molecule has 1 saturated heterocycles. The zero-order valence-corrected chi connectivity index (χ0v) is 13.0. The fraction of sp³-hybridized carbons (Fsp3) is 0.800. The van der Waals surface area contributed by atoms with E-state index in [1.807, 2.05) is 0 Å². The van der Waals surface area contributed by atoms with Gasteiger partial charge in [0.15, 0.2) is 0 Å². The lowest BCUT2D eigenvalue weighted by Crippen LogP contribution is -2.47. The van der Waals surface area contributed by atoms with Crippen molar-refractivity contribution in [1.82, 2.24) is 19.6 Å². The molecular formula is C15H29N5. The van der Waals surface area contributed by atoms with Crippen LogP contribution in [0.15, 0.2) is 12.3 Å². The molecule has 1 aliphatic rings. The lowest BCUT2D eigenvalue weighted by atomic mass is 10.2. The summed E-state index contributed by atoms with van der Waals surface area (Å²) in [6.45, 7) is 11.7. The van der Waals surface area contributed by atoms with E-state index in [0.717, 1.165) is 58.7 Å². The van der Waals surface area contributed by atoms with E-state index >= 15 is 0 Å². The standard InChI is InChI=1S/C15H29N5/c1-3-15(4-2)20-7-5-14(17-20)13-19-11-9-18(8-6-16)10-12-19/h5,7,15H,3-4,6,8-13,16H2,1-2H3. The average molecular weight is 279 g/mol. The molecular weight excluding hydrogens is 250 g/mol. The summed E-state index contributed by atoms with van der Waals surface area (Å²) >= 11 is 0. The summed E-state index contributed by atoms with van der Waals surface area (Å²) in [4.78, 5) is 4.94. The van der Waals surface area contributed by atoms with E-state index in [1.165, 1.54) is 5.69 Å². The molecule has 1 aromatic heterocycles. The van der Waals surface area contributed by atoms with Gasteiger partial charge in [0.25, 0.3) is 0 Å². The molecule has 0 spiro atoms. The zero-order valence-electron chi connectivity index (χ0n) is 13.0. The van der Waals surface area contributed by atoms with Gasteiger partial charge in [-0.1, -0.05) is 13.8 Å². The largest absolute Gasteiger partial charge is 0.329 e. The first kappa shape index (κ1) is 15.5. The van der Waals surface area contributed by atoms with Gasteiger partial charge in [-0.2, -0.15) is 5.10 Å². The number of aromatic nitrogens is 2. The molecule has 0 radical (unpaired) electrons. The van der Waals surface area contributed by atoms with E-state index in [1.54, 1.807) is 0 Å². The molecule has 0 aliphatic carbocycles. The molecule has 0 atom stereocenters. The van der Waals surface area contributed by atoms with E-state index in [2.05, 4.69) is 40.6 Å². The van der Waals surface area contributed by atoms with Crippen molar-refractivity contribution in [1.29, 1.82) is 0 Å². The lowest BCUT2D eigenvalue weighted by molar-refractivity contribution is 0.128. The monoisotopic (exact) mass is 279 g/mol. The Hall–Kier alpha value is -0.910. The number of rotatable bonds is 7. The second-order valence-corrected chi connectivity index (χ2v) is 5.66. The van der Waals surface area contributed by atoms with Crippen molar-refractivity contribution in [2.75, 3.05) is 39.3 Å². The Balaban J connectivity index is 1.82. The summed E-state index contributed by atoms with van der Waals surface area (Å²) in [7, 11) is 0. The predicted octanol–water partition coefficient (Wildman–Crippen LogP) is 1.32. The molecule has 2 N–H and O–H groups in total. The van der Waals surface area contributed by atoms with Crippen LogP contribution in [0.5, 0.6) is 0 Å². The SMILES string of the molecule is CCC(CC)n1ccc(CN2CCN(CCN)CC2)n1. The average Bonchev–Trinajstić information content (AvgIpc) is 2.91. The van der Waals surface area contributed by atoms with Crippen molar-refractivity contribution in [3.8, 4) is 0 Å². The van der Waals surface area contributed by atoms with Gasteiger partial charge in [-0.05, 0) is 18.9 Å². The maximum absolute atomic E-state index is 5.61. The summed E-state index contributed by atoms with van der Waals surface area (Å²) in [6.07, 6.45) is 4.43. The maximum atomic E-state index is 5.61. The van der Waals surface area contributed by atoms with Crippen molar-refractivity contribution < 1.29 is 0 Å². The normalized spacial score (nSPS) is 18.0. The van der Waals surface area contributed by atoms with E-state index in [9.17, 15) is 0 Å². The Bertz CT molecular complexity index is 377. The van der Waals surface area contributed by atoms with Gasteiger partial charge in [-0.3, -0.25) is 14.5 Å². The van der Waals surface area contributed by atoms with Crippen LogP contribution >= 0.6 is 0 Å². The van der Waals surface area contributed by atoms with Crippen molar-refractivity contribution in [3.05, 3.63) is 18.0 Å². The van der Waals surface area contributed by atoms with Crippen LogP contribution in [0.2, 0.25) is 0 Å². The molecule has 0 bridgehead atoms. The smallest absolute Gasteiger partial charge is 0.0764 e. The minimum Gasteiger partial charge on any atom is -0.329 e. The first-order valence-electron chi connectivity index (χ1n) is 7.95. The fourth-order valence-corrected chi connectivity index (χ4v) is 2.91. The third-order valence-electron chi connectivity index (χ3n) is 4.28. The highest BCUT2D eigenvalue weighted by Gasteiger charge is 2.17. The highest BCUT2D eigenvalue weighted by atomic mass is 15.3. The molecule has 5 heteroatoms. The third-order valence-corrected chi connectivity index (χ3v) is 4.28.